The predicted molar refractivity (Wildman–Crippen MR) is 271 cm³/mol. The monoisotopic (exact) mass is 843 g/mol. The van der Waals surface area contributed by atoms with Gasteiger partial charge in [-0.3, -0.25) is 4.98 Å². The fourth-order valence-electron chi connectivity index (χ4n) is 11.9. The van der Waals surface area contributed by atoms with E-state index in [1.54, 1.807) is 0 Å². The standard InChI is InChI=1S/C63H45N3/c1-42-29-31-60-56(37-42)63(57-38-43(2)30-32-61(57)65(60)48-19-7-4-8-20-48)52-23-11-9-21-50(52)62(51-22-10-12-24-53(51)63)54-25-13-15-27-58(54)66(59-28-16-14-26-55(59)62)49-40-46(44-17-5-3-6-18-44)39-47(41-49)45-33-35-64-36-34-45/h3-41H,1-2H3. The van der Waals surface area contributed by atoms with Crippen LogP contribution in [0.2, 0.25) is 0 Å². The summed E-state index contributed by atoms with van der Waals surface area (Å²) < 4.78 is 0. The summed E-state index contributed by atoms with van der Waals surface area (Å²) in [7, 11) is 0. The van der Waals surface area contributed by atoms with E-state index in [2.05, 4.69) is 253 Å². The molecule has 3 nitrogen and oxygen atoms in total. The van der Waals surface area contributed by atoms with Crippen molar-refractivity contribution < 1.29 is 0 Å². The normalized spacial score (nSPS) is 14.4. The van der Waals surface area contributed by atoms with Gasteiger partial charge in [0.2, 0.25) is 0 Å². The summed E-state index contributed by atoms with van der Waals surface area (Å²) in [5.74, 6) is 0. The molecule has 0 radical (unpaired) electrons. The van der Waals surface area contributed by atoms with Crippen molar-refractivity contribution in [3.63, 3.8) is 0 Å². The van der Waals surface area contributed by atoms with Crippen LogP contribution >= 0.6 is 0 Å². The lowest BCUT2D eigenvalue weighted by Crippen LogP contribution is -2.49. The average Bonchev–Trinajstić information content (AvgIpc) is 3.38. The third-order valence-corrected chi connectivity index (χ3v) is 14.5. The lowest BCUT2D eigenvalue weighted by Gasteiger charge is -2.56. The zero-order valence-corrected chi connectivity index (χ0v) is 36.9. The summed E-state index contributed by atoms with van der Waals surface area (Å²) in [6, 6.07) is 84.2. The number of nitrogens with zero attached hydrogens (tertiary/aromatic N) is 3. The van der Waals surface area contributed by atoms with Crippen molar-refractivity contribution in [2.24, 2.45) is 0 Å². The molecule has 9 aromatic carbocycles. The van der Waals surface area contributed by atoms with Gasteiger partial charge in [0, 0.05) is 23.8 Å². The first-order valence-corrected chi connectivity index (χ1v) is 22.9. The summed E-state index contributed by atoms with van der Waals surface area (Å²) >= 11 is 0. The molecule has 0 atom stereocenters. The molecular weight excluding hydrogens is 799 g/mol. The molecule has 13 rings (SSSR count). The Balaban J connectivity index is 1.13. The number of hydrogen-bond acceptors (Lipinski definition) is 3. The summed E-state index contributed by atoms with van der Waals surface area (Å²) in [4.78, 5) is 9.37. The highest BCUT2D eigenvalue weighted by molar-refractivity contribution is 5.96. The highest BCUT2D eigenvalue weighted by atomic mass is 15.2. The van der Waals surface area contributed by atoms with E-state index in [0.29, 0.717) is 0 Å². The van der Waals surface area contributed by atoms with Gasteiger partial charge in [0.05, 0.1) is 33.6 Å². The molecule has 0 amide bonds. The van der Waals surface area contributed by atoms with Crippen molar-refractivity contribution >= 4 is 34.1 Å². The first-order chi connectivity index (χ1) is 32.6. The number of para-hydroxylation sites is 3. The number of hydrogen-bond donors (Lipinski definition) is 0. The van der Waals surface area contributed by atoms with Crippen LogP contribution in [0.25, 0.3) is 22.3 Å². The van der Waals surface area contributed by atoms with Crippen LogP contribution in [-0.4, -0.2) is 4.98 Å². The molecule has 10 aromatic rings. The molecule has 0 saturated carbocycles. The molecule has 1 aromatic heterocycles. The van der Waals surface area contributed by atoms with Crippen molar-refractivity contribution in [3.05, 3.63) is 292 Å². The number of pyridine rings is 1. The molecule has 0 N–H and O–H groups in total. The maximum atomic E-state index is 4.38. The van der Waals surface area contributed by atoms with Gasteiger partial charge in [0.25, 0.3) is 0 Å². The Bertz CT molecular complexity index is 3310. The van der Waals surface area contributed by atoms with Gasteiger partial charge >= 0.3 is 0 Å². The average molecular weight is 844 g/mol. The molecule has 1 aliphatic carbocycles. The highest BCUT2D eigenvalue weighted by Crippen LogP contribution is 2.68. The Morgan fingerprint density at radius 2 is 0.667 bits per heavy atom. The van der Waals surface area contributed by atoms with Crippen LogP contribution < -0.4 is 9.80 Å². The minimum atomic E-state index is -0.669. The first kappa shape index (κ1) is 38.2. The Hall–Kier alpha value is -8.27. The van der Waals surface area contributed by atoms with Gasteiger partial charge in [-0.1, -0.05) is 169 Å². The maximum absolute atomic E-state index is 4.38. The summed E-state index contributed by atoms with van der Waals surface area (Å²) in [6.07, 6.45) is 3.77. The number of aryl methyl sites for hydroxylation is 2. The van der Waals surface area contributed by atoms with E-state index >= 15 is 0 Å². The van der Waals surface area contributed by atoms with Gasteiger partial charge in [-0.25, -0.2) is 0 Å². The van der Waals surface area contributed by atoms with Gasteiger partial charge in [0.1, 0.15) is 0 Å². The zero-order chi connectivity index (χ0) is 44.0. The highest BCUT2D eigenvalue weighted by Gasteiger charge is 2.59. The van der Waals surface area contributed by atoms with Gasteiger partial charge in [-0.2, -0.15) is 0 Å². The van der Waals surface area contributed by atoms with E-state index in [-0.39, 0.29) is 0 Å². The van der Waals surface area contributed by atoms with Crippen LogP contribution in [0.5, 0.6) is 0 Å². The number of benzene rings is 9. The largest absolute Gasteiger partial charge is 0.310 e. The minimum absolute atomic E-state index is 0.642. The first-order valence-electron chi connectivity index (χ1n) is 22.9. The van der Waals surface area contributed by atoms with E-state index in [9.17, 15) is 0 Å². The maximum Gasteiger partial charge on any atom is 0.0748 e. The Kier molecular flexibility index (Phi) is 8.47. The second kappa shape index (κ2) is 14.6. The quantitative estimate of drug-likeness (QED) is 0.176. The van der Waals surface area contributed by atoms with E-state index in [0.717, 1.165) is 39.4 Å². The van der Waals surface area contributed by atoms with Crippen molar-refractivity contribution in [2.45, 2.75) is 24.7 Å². The summed E-state index contributed by atoms with van der Waals surface area (Å²) in [6.45, 7) is 4.48. The molecule has 0 unspecified atom stereocenters. The second-order valence-corrected chi connectivity index (χ2v) is 18.0. The third kappa shape index (κ3) is 5.28. The van der Waals surface area contributed by atoms with Crippen molar-refractivity contribution in [3.8, 4) is 22.3 Å². The molecular formula is C63H45N3. The molecule has 0 bridgehead atoms. The Morgan fingerprint density at radius 3 is 1.17 bits per heavy atom. The predicted octanol–water partition coefficient (Wildman–Crippen LogP) is 15.7. The molecule has 66 heavy (non-hydrogen) atoms. The topological polar surface area (TPSA) is 19.4 Å². The van der Waals surface area contributed by atoms with Crippen LogP contribution in [0.1, 0.15) is 55.6 Å². The van der Waals surface area contributed by atoms with E-state index in [1.165, 1.54) is 72.6 Å². The number of fused-ring (bicyclic) bond motifs is 14. The molecule has 2 spiro atoms. The molecule has 2 aliphatic heterocycles. The van der Waals surface area contributed by atoms with Crippen molar-refractivity contribution in [2.75, 3.05) is 9.80 Å². The van der Waals surface area contributed by atoms with Gasteiger partial charge in [-0.15, -0.1) is 0 Å². The molecule has 312 valence electrons. The van der Waals surface area contributed by atoms with Crippen LogP contribution in [0.3, 0.4) is 0 Å². The van der Waals surface area contributed by atoms with Crippen LogP contribution in [0.15, 0.2) is 237 Å². The Morgan fingerprint density at radius 1 is 0.288 bits per heavy atom. The molecule has 0 fully saturated rings. The molecule has 3 heteroatoms. The zero-order valence-electron chi connectivity index (χ0n) is 36.9. The molecule has 0 saturated heterocycles. The fraction of sp³-hybridized carbons (Fsp3) is 0.0635. The summed E-state index contributed by atoms with van der Waals surface area (Å²) in [5.41, 5.74) is 23.0. The van der Waals surface area contributed by atoms with Gasteiger partial charge in [-0.05, 0) is 147 Å². The molecule has 3 heterocycles. The SMILES string of the molecule is Cc1ccc2c(c1)C1(c3cc(C)ccc3N2c2ccccc2)c2ccccc2C2(c3ccccc3N(c3cc(-c4ccccc4)cc(-c4ccncc4)c3)c3ccccc32)c2ccccc21. The third-order valence-electron chi connectivity index (χ3n) is 14.5. The van der Waals surface area contributed by atoms with Crippen LogP contribution in [-0.2, 0) is 10.8 Å². The fourth-order valence-corrected chi connectivity index (χ4v) is 11.9. The number of rotatable bonds is 4. The van der Waals surface area contributed by atoms with E-state index < -0.39 is 10.8 Å². The van der Waals surface area contributed by atoms with Gasteiger partial charge < -0.3 is 9.80 Å². The lowest BCUT2D eigenvalue weighted by molar-refractivity contribution is 0.607. The van der Waals surface area contributed by atoms with Crippen LogP contribution in [0.4, 0.5) is 34.1 Å². The smallest absolute Gasteiger partial charge is 0.0748 e. The minimum Gasteiger partial charge on any atom is -0.310 e. The molecule has 3 aliphatic rings. The van der Waals surface area contributed by atoms with Crippen LogP contribution in [0, 0.1) is 13.8 Å². The number of aromatic nitrogens is 1. The van der Waals surface area contributed by atoms with Crippen molar-refractivity contribution in [1.82, 2.24) is 4.98 Å². The number of anilines is 6. The lowest BCUT2D eigenvalue weighted by atomic mass is 9.49. The second-order valence-electron chi connectivity index (χ2n) is 18.0. The van der Waals surface area contributed by atoms with Crippen molar-refractivity contribution in [1.29, 1.82) is 0 Å². The summed E-state index contributed by atoms with van der Waals surface area (Å²) in [5, 5.41) is 0. The Labute approximate surface area is 386 Å². The van der Waals surface area contributed by atoms with E-state index in [1.807, 2.05) is 12.4 Å². The van der Waals surface area contributed by atoms with E-state index in [4.69, 9.17) is 0 Å². The van der Waals surface area contributed by atoms with Gasteiger partial charge in [0.15, 0.2) is 0 Å².